The second-order valence-electron chi connectivity index (χ2n) is 4.43. The summed E-state index contributed by atoms with van der Waals surface area (Å²) in [6.45, 7) is 2.30. The Kier molecular flexibility index (Phi) is 7.08. The van der Waals surface area contributed by atoms with Crippen molar-refractivity contribution in [3.63, 3.8) is 0 Å². The summed E-state index contributed by atoms with van der Waals surface area (Å²) < 4.78 is 10.6. The third-order valence-corrected chi connectivity index (χ3v) is 2.92. The van der Waals surface area contributed by atoms with Gasteiger partial charge in [0.25, 0.3) is 0 Å². The van der Waals surface area contributed by atoms with Gasteiger partial charge in [-0.05, 0) is 37.6 Å². The normalized spacial score (nSPS) is 10.0. The third kappa shape index (κ3) is 6.16. The molecule has 0 unspecified atom stereocenters. The minimum atomic E-state index is -1.00. The number of nitrogens with zero attached hydrogens (tertiary/aromatic N) is 1. The number of carboxylic acids is 1. The molecule has 1 aromatic carbocycles. The van der Waals surface area contributed by atoms with Crippen molar-refractivity contribution < 1.29 is 24.2 Å². The van der Waals surface area contributed by atoms with E-state index in [1.807, 2.05) is 0 Å². The standard InChI is InChI=1S/C15H21NO5/c1-3-16(11-15(18)19)14(17)5-4-10-21-13-8-6-12(20-2)7-9-13/h6-9H,3-5,10-11H2,1-2H3,(H,18,19). The summed E-state index contributed by atoms with van der Waals surface area (Å²) in [6.07, 6.45) is 0.818. The number of methoxy groups -OCH3 is 1. The van der Waals surface area contributed by atoms with Gasteiger partial charge in [0.05, 0.1) is 13.7 Å². The molecule has 0 aliphatic carbocycles. The van der Waals surface area contributed by atoms with Crippen LogP contribution in [0.4, 0.5) is 0 Å². The average Bonchev–Trinajstić information content (AvgIpc) is 2.49. The predicted octanol–water partition coefficient (Wildman–Crippen LogP) is 1.79. The molecule has 0 aromatic heterocycles. The summed E-state index contributed by atoms with van der Waals surface area (Å²) in [7, 11) is 1.60. The molecule has 1 rings (SSSR count). The molecule has 0 aliphatic rings. The fourth-order valence-corrected chi connectivity index (χ4v) is 1.78. The maximum absolute atomic E-state index is 11.8. The summed E-state index contributed by atoms with van der Waals surface area (Å²) in [5.41, 5.74) is 0. The zero-order valence-electron chi connectivity index (χ0n) is 12.4. The highest BCUT2D eigenvalue weighted by Crippen LogP contribution is 2.17. The van der Waals surface area contributed by atoms with Crippen molar-refractivity contribution >= 4 is 11.9 Å². The van der Waals surface area contributed by atoms with Crippen LogP contribution in [0.25, 0.3) is 0 Å². The van der Waals surface area contributed by atoms with Gasteiger partial charge in [-0.1, -0.05) is 0 Å². The first-order valence-corrected chi connectivity index (χ1v) is 6.83. The Hall–Kier alpha value is -2.24. The van der Waals surface area contributed by atoms with Gasteiger partial charge in [0.2, 0.25) is 5.91 Å². The zero-order chi connectivity index (χ0) is 15.7. The monoisotopic (exact) mass is 295 g/mol. The van der Waals surface area contributed by atoms with E-state index in [9.17, 15) is 9.59 Å². The third-order valence-electron chi connectivity index (χ3n) is 2.92. The maximum atomic E-state index is 11.8. The molecular weight excluding hydrogens is 274 g/mol. The number of carbonyl (C=O) groups excluding carboxylic acids is 1. The van der Waals surface area contributed by atoms with E-state index < -0.39 is 5.97 Å². The number of ether oxygens (including phenoxy) is 2. The summed E-state index contributed by atoms with van der Waals surface area (Å²) in [6, 6.07) is 7.19. The molecule has 0 radical (unpaired) electrons. The molecule has 1 aromatic rings. The van der Waals surface area contributed by atoms with Gasteiger partial charge in [0, 0.05) is 13.0 Å². The number of carboxylic acid groups (broad SMARTS) is 1. The SMILES string of the molecule is CCN(CC(=O)O)C(=O)CCCOc1ccc(OC)cc1. The van der Waals surface area contributed by atoms with Crippen molar-refractivity contribution in [2.75, 3.05) is 26.8 Å². The first kappa shape index (κ1) is 16.8. The largest absolute Gasteiger partial charge is 0.497 e. The second kappa shape index (κ2) is 8.84. The number of rotatable bonds is 9. The van der Waals surface area contributed by atoms with E-state index in [4.69, 9.17) is 14.6 Å². The average molecular weight is 295 g/mol. The van der Waals surface area contributed by atoms with E-state index in [1.54, 1.807) is 38.3 Å². The van der Waals surface area contributed by atoms with Gasteiger partial charge in [-0.25, -0.2) is 0 Å². The lowest BCUT2D eigenvalue weighted by Gasteiger charge is -2.18. The molecule has 6 heteroatoms. The lowest BCUT2D eigenvalue weighted by molar-refractivity contribution is -0.144. The van der Waals surface area contributed by atoms with Crippen molar-refractivity contribution in [2.24, 2.45) is 0 Å². The van der Waals surface area contributed by atoms with E-state index in [2.05, 4.69) is 0 Å². The van der Waals surface area contributed by atoms with Gasteiger partial charge in [0.15, 0.2) is 0 Å². The van der Waals surface area contributed by atoms with Crippen LogP contribution < -0.4 is 9.47 Å². The van der Waals surface area contributed by atoms with Crippen LogP contribution in [0.1, 0.15) is 19.8 Å². The molecule has 6 nitrogen and oxygen atoms in total. The maximum Gasteiger partial charge on any atom is 0.323 e. The molecule has 0 saturated carbocycles. The Bertz CT molecular complexity index is 458. The molecule has 0 spiro atoms. The Morgan fingerprint density at radius 1 is 1.19 bits per heavy atom. The highest BCUT2D eigenvalue weighted by molar-refractivity contribution is 5.81. The van der Waals surface area contributed by atoms with Gasteiger partial charge >= 0.3 is 5.97 Å². The molecule has 0 heterocycles. The quantitative estimate of drug-likeness (QED) is 0.703. The van der Waals surface area contributed by atoms with Gasteiger partial charge in [-0.15, -0.1) is 0 Å². The molecule has 0 fully saturated rings. The van der Waals surface area contributed by atoms with Crippen LogP contribution in [0.15, 0.2) is 24.3 Å². The first-order chi connectivity index (χ1) is 10.1. The first-order valence-electron chi connectivity index (χ1n) is 6.83. The van der Waals surface area contributed by atoms with Crippen LogP contribution in [0, 0.1) is 0 Å². The summed E-state index contributed by atoms with van der Waals surface area (Å²) in [5, 5.41) is 8.70. The lowest BCUT2D eigenvalue weighted by atomic mass is 10.2. The Labute approximate surface area is 124 Å². The molecule has 1 N–H and O–H groups in total. The summed E-state index contributed by atoms with van der Waals surface area (Å²) in [4.78, 5) is 23.7. The fraction of sp³-hybridized carbons (Fsp3) is 0.467. The van der Waals surface area contributed by atoms with Crippen LogP contribution in [0.3, 0.4) is 0 Å². The molecule has 21 heavy (non-hydrogen) atoms. The number of carbonyl (C=O) groups is 2. The molecule has 0 atom stereocenters. The van der Waals surface area contributed by atoms with E-state index in [0.29, 0.717) is 25.3 Å². The number of benzene rings is 1. The Morgan fingerprint density at radius 3 is 2.33 bits per heavy atom. The van der Waals surface area contributed by atoms with Gasteiger partial charge in [0.1, 0.15) is 18.0 Å². The highest BCUT2D eigenvalue weighted by atomic mass is 16.5. The van der Waals surface area contributed by atoms with Crippen LogP contribution in [-0.2, 0) is 9.59 Å². The highest BCUT2D eigenvalue weighted by Gasteiger charge is 2.14. The van der Waals surface area contributed by atoms with Crippen molar-refractivity contribution in [2.45, 2.75) is 19.8 Å². The van der Waals surface area contributed by atoms with Crippen LogP contribution >= 0.6 is 0 Å². The number of likely N-dealkylation sites (N-methyl/N-ethyl adjacent to an activating group) is 1. The lowest BCUT2D eigenvalue weighted by Crippen LogP contribution is -2.35. The minimum Gasteiger partial charge on any atom is -0.497 e. The number of hydrogen-bond donors (Lipinski definition) is 1. The number of aliphatic carboxylic acids is 1. The topological polar surface area (TPSA) is 76.1 Å². The van der Waals surface area contributed by atoms with Crippen molar-refractivity contribution in [1.82, 2.24) is 4.90 Å². The van der Waals surface area contributed by atoms with E-state index in [-0.39, 0.29) is 18.9 Å². The smallest absolute Gasteiger partial charge is 0.323 e. The number of amides is 1. The van der Waals surface area contributed by atoms with Crippen LogP contribution in [0.2, 0.25) is 0 Å². The van der Waals surface area contributed by atoms with Gasteiger partial charge < -0.3 is 19.5 Å². The second-order valence-corrected chi connectivity index (χ2v) is 4.43. The van der Waals surface area contributed by atoms with E-state index >= 15 is 0 Å². The molecule has 0 bridgehead atoms. The van der Waals surface area contributed by atoms with E-state index in [0.717, 1.165) is 5.75 Å². The zero-order valence-corrected chi connectivity index (χ0v) is 12.4. The van der Waals surface area contributed by atoms with Crippen LogP contribution in [-0.4, -0.2) is 48.7 Å². The van der Waals surface area contributed by atoms with Crippen molar-refractivity contribution in [3.05, 3.63) is 24.3 Å². The number of hydrogen-bond acceptors (Lipinski definition) is 4. The summed E-state index contributed by atoms with van der Waals surface area (Å²) >= 11 is 0. The molecular formula is C15H21NO5. The van der Waals surface area contributed by atoms with E-state index in [1.165, 1.54) is 4.90 Å². The summed E-state index contributed by atoms with van der Waals surface area (Å²) in [5.74, 6) is 0.295. The van der Waals surface area contributed by atoms with Crippen LogP contribution in [0.5, 0.6) is 11.5 Å². The Balaban J connectivity index is 2.29. The molecule has 116 valence electrons. The molecule has 0 saturated heterocycles. The van der Waals surface area contributed by atoms with Crippen molar-refractivity contribution in [3.8, 4) is 11.5 Å². The van der Waals surface area contributed by atoms with Gasteiger partial charge in [-0.2, -0.15) is 0 Å². The Morgan fingerprint density at radius 2 is 1.81 bits per heavy atom. The van der Waals surface area contributed by atoms with Crippen molar-refractivity contribution in [1.29, 1.82) is 0 Å². The minimum absolute atomic E-state index is 0.168. The molecule has 1 amide bonds. The van der Waals surface area contributed by atoms with Gasteiger partial charge in [-0.3, -0.25) is 9.59 Å². The molecule has 0 aliphatic heterocycles. The predicted molar refractivity (Wildman–Crippen MR) is 77.6 cm³/mol. The fourth-order valence-electron chi connectivity index (χ4n) is 1.78.